The van der Waals surface area contributed by atoms with E-state index < -0.39 is 0 Å². The van der Waals surface area contributed by atoms with Gasteiger partial charge >= 0.3 is 0 Å². The Bertz CT molecular complexity index is 1060. The van der Waals surface area contributed by atoms with Gasteiger partial charge in [0.05, 0.1) is 18.7 Å². The zero-order chi connectivity index (χ0) is 23.0. The third-order valence-electron chi connectivity index (χ3n) is 6.04. The molecule has 1 fully saturated rings. The summed E-state index contributed by atoms with van der Waals surface area (Å²) in [6.45, 7) is 11.4. The summed E-state index contributed by atoms with van der Waals surface area (Å²) in [5.74, 6) is 1.17. The van der Waals surface area contributed by atoms with Crippen LogP contribution in [0, 0.1) is 12.8 Å². The summed E-state index contributed by atoms with van der Waals surface area (Å²) in [5.41, 5.74) is 5.46. The second kappa shape index (κ2) is 8.45. The van der Waals surface area contributed by atoms with Gasteiger partial charge in [0.2, 0.25) is 0 Å². The lowest BCUT2D eigenvalue weighted by atomic mass is 9.93. The molecule has 1 unspecified atom stereocenters. The molecule has 1 amide bonds. The van der Waals surface area contributed by atoms with Crippen molar-refractivity contribution in [3.05, 3.63) is 70.9 Å². The van der Waals surface area contributed by atoms with Gasteiger partial charge in [-0.2, -0.15) is 0 Å². The number of rotatable bonds is 5. The first-order valence-corrected chi connectivity index (χ1v) is 11.3. The van der Waals surface area contributed by atoms with Crippen LogP contribution in [0.5, 0.6) is 5.75 Å². The Balaban J connectivity index is 1.95. The first kappa shape index (κ1) is 22.1. The van der Waals surface area contributed by atoms with Crippen LogP contribution >= 0.6 is 0 Å². The van der Waals surface area contributed by atoms with Gasteiger partial charge in [-0.1, -0.05) is 43.7 Å². The van der Waals surface area contributed by atoms with Crippen LogP contribution in [0.25, 0.3) is 0 Å². The average Bonchev–Trinajstić information content (AvgIpc) is 2.95. The molecule has 4 rings (SSSR count). The molecule has 2 aromatic carbocycles. The number of carbonyl (C=O) groups excluding carboxylic acids is 1. The number of allylic oxidation sites excluding steroid dienone is 1. The minimum Gasteiger partial charge on any atom is -0.497 e. The lowest BCUT2D eigenvalue weighted by Gasteiger charge is -2.28. The summed E-state index contributed by atoms with van der Waals surface area (Å²) in [4.78, 5) is 20.8. The van der Waals surface area contributed by atoms with E-state index >= 15 is 0 Å². The fraction of sp³-hybridized carbons (Fsp3) is 0.407. The van der Waals surface area contributed by atoms with Crippen LogP contribution in [0.1, 0.15) is 51.3 Å². The zero-order valence-corrected chi connectivity index (χ0v) is 19.9. The molecule has 0 spiro atoms. The lowest BCUT2D eigenvalue weighted by molar-refractivity contribution is -0.112. The molecule has 0 radical (unpaired) electrons. The zero-order valence-electron chi connectivity index (χ0n) is 19.9. The van der Waals surface area contributed by atoms with Crippen LogP contribution in [0.4, 0.5) is 5.69 Å². The van der Waals surface area contributed by atoms with Crippen molar-refractivity contribution in [2.45, 2.75) is 52.6 Å². The Morgan fingerprint density at radius 1 is 1.12 bits per heavy atom. The van der Waals surface area contributed by atoms with E-state index in [4.69, 9.17) is 9.73 Å². The normalized spacial score (nSPS) is 20.1. The average molecular weight is 432 g/mol. The van der Waals surface area contributed by atoms with E-state index in [9.17, 15) is 4.79 Å². The largest absolute Gasteiger partial charge is 0.497 e. The van der Waals surface area contributed by atoms with Crippen molar-refractivity contribution in [1.29, 1.82) is 0 Å². The molecule has 5 nitrogen and oxygen atoms in total. The molecule has 2 aliphatic rings. The molecule has 2 aliphatic heterocycles. The van der Waals surface area contributed by atoms with E-state index in [-0.39, 0.29) is 17.5 Å². The van der Waals surface area contributed by atoms with Gasteiger partial charge in [-0.05, 0) is 62.9 Å². The number of amides is 1. The molecule has 1 atom stereocenters. The number of anilines is 1. The predicted molar refractivity (Wildman–Crippen MR) is 130 cm³/mol. The molecule has 0 saturated carbocycles. The van der Waals surface area contributed by atoms with E-state index in [1.807, 2.05) is 29.2 Å². The maximum Gasteiger partial charge on any atom is 0.277 e. The lowest BCUT2D eigenvalue weighted by Crippen LogP contribution is -2.35. The van der Waals surface area contributed by atoms with E-state index in [2.05, 4.69) is 64.2 Å². The standard InChI is InChI=1S/C27H33N3O2/c1-17(2)15-22-23-24(29-27(4,5)16-28-22)26(31)30(20-11-13-21(32-6)14-12-20)25(23)19-9-7-18(3)8-10-19/h7-14,17,25,28H,15-16H2,1-6H3. The fourth-order valence-corrected chi connectivity index (χ4v) is 4.45. The van der Waals surface area contributed by atoms with Gasteiger partial charge in [0.15, 0.2) is 0 Å². The molecule has 32 heavy (non-hydrogen) atoms. The minimum atomic E-state index is -0.372. The molecular formula is C27H33N3O2. The third kappa shape index (κ3) is 4.16. The second-order valence-electron chi connectivity index (χ2n) is 9.80. The summed E-state index contributed by atoms with van der Waals surface area (Å²) >= 11 is 0. The Morgan fingerprint density at radius 2 is 1.78 bits per heavy atom. The predicted octanol–water partition coefficient (Wildman–Crippen LogP) is 5.21. The number of fused-ring (bicyclic) bond motifs is 1. The smallest absolute Gasteiger partial charge is 0.277 e. The topological polar surface area (TPSA) is 53.9 Å². The third-order valence-corrected chi connectivity index (χ3v) is 6.04. The van der Waals surface area contributed by atoms with Crippen LogP contribution in [0.3, 0.4) is 0 Å². The Hall–Kier alpha value is -3.08. The highest BCUT2D eigenvalue weighted by Crippen LogP contribution is 2.43. The molecule has 168 valence electrons. The number of aliphatic imine (C=N–C) groups is 1. The fourth-order valence-electron chi connectivity index (χ4n) is 4.45. The molecular weight excluding hydrogens is 398 g/mol. The van der Waals surface area contributed by atoms with Crippen molar-refractivity contribution in [1.82, 2.24) is 5.32 Å². The van der Waals surface area contributed by atoms with Crippen molar-refractivity contribution in [3.8, 4) is 5.75 Å². The quantitative estimate of drug-likeness (QED) is 0.707. The van der Waals surface area contributed by atoms with E-state index in [0.29, 0.717) is 18.2 Å². The molecule has 0 bridgehead atoms. The van der Waals surface area contributed by atoms with Crippen molar-refractivity contribution in [3.63, 3.8) is 0 Å². The van der Waals surface area contributed by atoms with Gasteiger partial charge in [0.25, 0.3) is 5.91 Å². The maximum atomic E-state index is 13.9. The van der Waals surface area contributed by atoms with E-state index in [0.717, 1.165) is 34.7 Å². The number of aryl methyl sites for hydroxylation is 1. The number of nitrogens with zero attached hydrogens (tertiary/aromatic N) is 2. The molecule has 5 heteroatoms. The summed E-state index contributed by atoms with van der Waals surface area (Å²) in [6, 6.07) is 15.9. The Labute approximate surface area is 191 Å². The van der Waals surface area contributed by atoms with Crippen LogP contribution in [-0.4, -0.2) is 30.8 Å². The first-order chi connectivity index (χ1) is 15.2. The summed E-state index contributed by atoms with van der Waals surface area (Å²) in [6.07, 6.45) is 0.872. The summed E-state index contributed by atoms with van der Waals surface area (Å²) in [7, 11) is 1.65. The van der Waals surface area contributed by atoms with Gasteiger partial charge in [0, 0.05) is 23.5 Å². The first-order valence-electron chi connectivity index (χ1n) is 11.3. The number of hydrogen-bond donors (Lipinski definition) is 1. The molecule has 1 saturated heterocycles. The summed E-state index contributed by atoms with van der Waals surface area (Å²) in [5, 5.41) is 3.66. The number of benzene rings is 2. The van der Waals surface area contributed by atoms with Gasteiger partial charge in [-0.15, -0.1) is 0 Å². The molecule has 2 aromatic rings. The maximum absolute atomic E-state index is 13.9. The van der Waals surface area contributed by atoms with Gasteiger partial charge in [0.1, 0.15) is 11.5 Å². The van der Waals surface area contributed by atoms with Crippen molar-refractivity contribution >= 4 is 17.3 Å². The van der Waals surface area contributed by atoms with Crippen LogP contribution in [-0.2, 0) is 4.79 Å². The molecule has 2 heterocycles. The number of ether oxygens (including phenoxy) is 1. The van der Waals surface area contributed by atoms with Gasteiger partial charge in [-0.25, -0.2) is 0 Å². The van der Waals surface area contributed by atoms with Crippen molar-refractivity contribution in [2.75, 3.05) is 18.6 Å². The molecule has 1 N–H and O–H groups in total. The highest BCUT2D eigenvalue weighted by molar-refractivity contribution is 6.53. The van der Waals surface area contributed by atoms with Crippen molar-refractivity contribution in [2.24, 2.45) is 10.9 Å². The van der Waals surface area contributed by atoms with E-state index in [1.54, 1.807) is 7.11 Å². The minimum absolute atomic E-state index is 0.0474. The van der Waals surface area contributed by atoms with Gasteiger partial charge < -0.3 is 10.1 Å². The Morgan fingerprint density at radius 3 is 2.38 bits per heavy atom. The highest BCUT2D eigenvalue weighted by Gasteiger charge is 2.46. The Kier molecular flexibility index (Phi) is 5.85. The number of methoxy groups -OCH3 is 1. The van der Waals surface area contributed by atoms with Crippen LogP contribution in [0.15, 0.2) is 64.8 Å². The summed E-state index contributed by atoms with van der Waals surface area (Å²) < 4.78 is 5.34. The SMILES string of the molecule is COc1ccc(N2C(=O)C3=NC(C)(C)CNC(CC(C)C)=C3C2c2ccc(C)cc2)cc1. The highest BCUT2D eigenvalue weighted by atomic mass is 16.5. The van der Waals surface area contributed by atoms with Crippen LogP contribution in [0.2, 0.25) is 0 Å². The number of nitrogens with one attached hydrogen (secondary N) is 1. The molecule has 0 aliphatic carbocycles. The molecule has 0 aromatic heterocycles. The van der Waals surface area contributed by atoms with E-state index in [1.165, 1.54) is 5.56 Å². The number of carbonyl (C=O) groups is 1. The number of hydrogen-bond acceptors (Lipinski definition) is 4. The van der Waals surface area contributed by atoms with Gasteiger partial charge in [-0.3, -0.25) is 14.7 Å². The van der Waals surface area contributed by atoms with Crippen LogP contribution < -0.4 is 15.0 Å². The van der Waals surface area contributed by atoms with Crippen molar-refractivity contribution < 1.29 is 9.53 Å². The monoisotopic (exact) mass is 431 g/mol. The second-order valence-corrected chi connectivity index (χ2v) is 9.80.